The number of pyridine rings is 1. The Balaban J connectivity index is 1.57. The maximum atomic E-state index is 12.6. The van der Waals surface area contributed by atoms with Gasteiger partial charge in [-0.05, 0) is 54.2 Å². The van der Waals surface area contributed by atoms with Crippen molar-refractivity contribution in [2.45, 2.75) is 31.7 Å². The molecular formula is C17H23BrN4O2. The maximum absolute atomic E-state index is 12.6. The molecule has 2 aliphatic heterocycles. The molecule has 0 unspecified atom stereocenters. The Morgan fingerprint density at radius 3 is 2.92 bits per heavy atom. The zero-order chi connectivity index (χ0) is 16.9. The van der Waals surface area contributed by atoms with Crippen LogP contribution in [0.1, 0.15) is 36.0 Å². The Hall–Kier alpha value is -1.47. The normalized spacial score (nSPS) is 24.5. The summed E-state index contributed by atoms with van der Waals surface area (Å²) in [6.07, 6.45) is 7.06. The van der Waals surface area contributed by atoms with Crippen LogP contribution in [0.4, 0.5) is 0 Å². The van der Waals surface area contributed by atoms with Crippen LogP contribution in [0.15, 0.2) is 22.9 Å². The molecule has 2 saturated heterocycles. The Labute approximate surface area is 150 Å². The van der Waals surface area contributed by atoms with Crippen LogP contribution < -0.4 is 10.6 Å². The molecule has 2 fully saturated rings. The van der Waals surface area contributed by atoms with Crippen molar-refractivity contribution in [2.75, 3.05) is 26.2 Å². The average molecular weight is 395 g/mol. The number of hydrogen-bond donors (Lipinski definition) is 2. The molecule has 0 bridgehead atoms. The number of carbonyl (C=O) groups excluding carboxylic acids is 2. The molecule has 2 aliphatic rings. The third-order valence-electron chi connectivity index (χ3n) is 4.67. The van der Waals surface area contributed by atoms with Gasteiger partial charge in [-0.25, -0.2) is 0 Å². The van der Waals surface area contributed by atoms with Gasteiger partial charge in [0.2, 0.25) is 5.91 Å². The maximum Gasteiger partial charge on any atom is 0.255 e. The number of nitrogens with zero attached hydrogens (tertiary/aromatic N) is 2. The highest BCUT2D eigenvalue weighted by Crippen LogP contribution is 2.17. The Morgan fingerprint density at radius 2 is 2.17 bits per heavy atom. The fourth-order valence-electron chi connectivity index (χ4n) is 3.39. The van der Waals surface area contributed by atoms with E-state index in [1.807, 2.05) is 4.90 Å². The third kappa shape index (κ3) is 4.33. The van der Waals surface area contributed by atoms with E-state index in [4.69, 9.17) is 0 Å². The van der Waals surface area contributed by atoms with Crippen LogP contribution in [0.25, 0.3) is 0 Å². The highest BCUT2D eigenvalue weighted by molar-refractivity contribution is 9.10. The number of rotatable bonds is 3. The second-order valence-electron chi connectivity index (χ2n) is 6.53. The third-order valence-corrected chi connectivity index (χ3v) is 5.11. The second kappa shape index (κ2) is 8.07. The summed E-state index contributed by atoms with van der Waals surface area (Å²) in [5, 5.41) is 6.41. The lowest BCUT2D eigenvalue weighted by Gasteiger charge is -2.34. The van der Waals surface area contributed by atoms with E-state index in [0.29, 0.717) is 12.1 Å². The quantitative estimate of drug-likeness (QED) is 0.815. The lowest BCUT2D eigenvalue weighted by atomic mass is 9.97. The number of likely N-dealkylation sites (tertiary alicyclic amines) is 1. The minimum Gasteiger partial charge on any atom is -0.351 e. The van der Waals surface area contributed by atoms with Crippen LogP contribution in [0, 0.1) is 5.92 Å². The highest BCUT2D eigenvalue weighted by Gasteiger charge is 2.28. The van der Waals surface area contributed by atoms with E-state index >= 15 is 0 Å². The molecule has 2 N–H and O–H groups in total. The molecule has 0 spiro atoms. The van der Waals surface area contributed by atoms with Gasteiger partial charge in [-0.3, -0.25) is 14.6 Å². The van der Waals surface area contributed by atoms with Gasteiger partial charge in [0, 0.05) is 42.5 Å². The standard InChI is InChI=1S/C17H23BrN4O2/c18-14-7-13(9-20-10-14)17(24)22-6-2-4-15(11-22)21-16(23)12-3-1-5-19-8-12/h7,9-10,12,15,19H,1-6,8,11H2,(H,21,23)/t12-,15+/m0/s1. The summed E-state index contributed by atoms with van der Waals surface area (Å²) in [4.78, 5) is 30.9. The molecule has 3 rings (SSSR count). The summed E-state index contributed by atoms with van der Waals surface area (Å²) in [7, 11) is 0. The molecule has 1 aromatic heterocycles. The SMILES string of the molecule is O=C(N[C@@H]1CCCN(C(=O)c2cncc(Br)c2)C1)[C@H]1CCCNC1. The first-order valence-electron chi connectivity index (χ1n) is 8.54. The van der Waals surface area contributed by atoms with Gasteiger partial charge in [-0.1, -0.05) is 0 Å². The van der Waals surface area contributed by atoms with Gasteiger partial charge in [0.15, 0.2) is 0 Å². The fourth-order valence-corrected chi connectivity index (χ4v) is 3.75. The number of hydrogen-bond acceptors (Lipinski definition) is 4. The van der Waals surface area contributed by atoms with E-state index in [9.17, 15) is 9.59 Å². The molecule has 0 aliphatic carbocycles. The zero-order valence-electron chi connectivity index (χ0n) is 13.6. The van der Waals surface area contributed by atoms with Crippen LogP contribution in [0.3, 0.4) is 0 Å². The van der Waals surface area contributed by atoms with Crippen molar-refractivity contribution in [3.05, 3.63) is 28.5 Å². The molecule has 2 atom stereocenters. The van der Waals surface area contributed by atoms with Crippen LogP contribution in [0.2, 0.25) is 0 Å². The molecule has 0 radical (unpaired) electrons. The predicted octanol–water partition coefficient (Wildman–Crippen LogP) is 1.56. The lowest BCUT2D eigenvalue weighted by molar-refractivity contribution is -0.126. The minimum absolute atomic E-state index is 0.0258. The van der Waals surface area contributed by atoms with Crippen LogP contribution in [-0.4, -0.2) is 53.9 Å². The monoisotopic (exact) mass is 394 g/mol. The van der Waals surface area contributed by atoms with E-state index in [1.54, 1.807) is 18.5 Å². The Bertz CT molecular complexity index is 604. The lowest BCUT2D eigenvalue weighted by Crippen LogP contribution is -2.52. The summed E-state index contributed by atoms with van der Waals surface area (Å²) in [5.74, 6) is 0.145. The van der Waals surface area contributed by atoms with Crippen molar-refractivity contribution >= 4 is 27.7 Å². The van der Waals surface area contributed by atoms with Crippen LogP contribution in [0.5, 0.6) is 0 Å². The molecule has 24 heavy (non-hydrogen) atoms. The van der Waals surface area contributed by atoms with Crippen LogP contribution in [-0.2, 0) is 4.79 Å². The molecule has 7 heteroatoms. The molecule has 6 nitrogen and oxygen atoms in total. The number of aromatic nitrogens is 1. The molecule has 1 aromatic rings. The van der Waals surface area contributed by atoms with Gasteiger partial charge in [0.05, 0.1) is 11.5 Å². The number of amides is 2. The fraction of sp³-hybridized carbons (Fsp3) is 0.588. The van der Waals surface area contributed by atoms with Gasteiger partial charge in [-0.2, -0.15) is 0 Å². The molecule has 2 amide bonds. The molecule has 3 heterocycles. The molecule has 0 saturated carbocycles. The highest BCUT2D eigenvalue weighted by atomic mass is 79.9. The van der Waals surface area contributed by atoms with Gasteiger partial charge in [0.25, 0.3) is 5.91 Å². The van der Waals surface area contributed by atoms with Crippen molar-refractivity contribution in [2.24, 2.45) is 5.92 Å². The Kier molecular flexibility index (Phi) is 5.84. The summed E-state index contributed by atoms with van der Waals surface area (Å²) in [5.41, 5.74) is 0.577. The van der Waals surface area contributed by atoms with E-state index in [1.165, 1.54) is 0 Å². The molecule has 130 valence electrons. The summed E-state index contributed by atoms with van der Waals surface area (Å²) >= 11 is 3.35. The van der Waals surface area contributed by atoms with E-state index in [2.05, 4.69) is 31.5 Å². The van der Waals surface area contributed by atoms with Crippen LogP contribution >= 0.6 is 15.9 Å². The first-order chi connectivity index (χ1) is 11.6. The van der Waals surface area contributed by atoms with Gasteiger partial charge in [0.1, 0.15) is 0 Å². The minimum atomic E-state index is -0.0258. The van der Waals surface area contributed by atoms with Gasteiger partial charge in [-0.15, -0.1) is 0 Å². The van der Waals surface area contributed by atoms with Crippen molar-refractivity contribution < 1.29 is 9.59 Å². The van der Waals surface area contributed by atoms with Gasteiger partial charge < -0.3 is 15.5 Å². The number of carbonyl (C=O) groups is 2. The summed E-state index contributed by atoms with van der Waals surface area (Å²) in [6, 6.07) is 1.82. The zero-order valence-corrected chi connectivity index (χ0v) is 15.2. The first kappa shape index (κ1) is 17.4. The van der Waals surface area contributed by atoms with Gasteiger partial charge >= 0.3 is 0 Å². The van der Waals surface area contributed by atoms with E-state index in [-0.39, 0.29) is 23.8 Å². The van der Waals surface area contributed by atoms with Crippen molar-refractivity contribution in [3.63, 3.8) is 0 Å². The Morgan fingerprint density at radius 1 is 1.29 bits per heavy atom. The average Bonchev–Trinajstić information content (AvgIpc) is 2.62. The number of piperidine rings is 2. The number of halogens is 1. The topological polar surface area (TPSA) is 74.3 Å². The summed E-state index contributed by atoms with van der Waals surface area (Å²) < 4.78 is 0.792. The first-order valence-corrected chi connectivity index (χ1v) is 9.33. The largest absolute Gasteiger partial charge is 0.351 e. The molecule has 0 aromatic carbocycles. The van der Waals surface area contributed by atoms with Crippen molar-refractivity contribution in [1.82, 2.24) is 20.5 Å². The van der Waals surface area contributed by atoms with Crippen molar-refractivity contribution in [3.8, 4) is 0 Å². The molecular weight excluding hydrogens is 372 g/mol. The number of nitrogens with one attached hydrogen (secondary N) is 2. The van der Waals surface area contributed by atoms with E-state index in [0.717, 1.165) is 49.8 Å². The smallest absolute Gasteiger partial charge is 0.255 e. The second-order valence-corrected chi connectivity index (χ2v) is 7.45. The van der Waals surface area contributed by atoms with E-state index < -0.39 is 0 Å². The predicted molar refractivity (Wildman–Crippen MR) is 94.6 cm³/mol. The summed E-state index contributed by atoms with van der Waals surface area (Å²) in [6.45, 7) is 3.04. The van der Waals surface area contributed by atoms with Crippen molar-refractivity contribution in [1.29, 1.82) is 0 Å².